The number of nitrogens with zero attached hydrogens (tertiary/aromatic N) is 2. The molecule has 5 aromatic rings. The lowest BCUT2D eigenvalue weighted by Crippen LogP contribution is -2.23. The van der Waals surface area contributed by atoms with Gasteiger partial charge in [0.1, 0.15) is 5.75 Å². The van der Waals surface area contributed by atoms with Crippen molar-refractivity contribution in [3.05, 3.63) is 99.3 Å². The number of nitrogens with one attached hydrogen (secondary N) is 1. The molecule has 1 N–H and O–H groups in total. The third-order valence-electron chi connectivity index (χ3n) is 4.77. The molecule has 0 saturated carbocycles. The lowest BCUT2D eigenvalue weighted by molar-refractivity contribution is -0.118. The fourth-order valence-corrected chi connectivity index (χ4v) is 4.32. The number of para-hydroxylation sites is 4. The lowest BCUT2D eigenvalue weighted by Gasteiger charge is -2.09. The molecule has 2 aromatic heterocycles. The van der Waals surface area contributed by atoms with Crippen LogP contribution in [0.25, 0.3) is 22.1 Å². The van der Waals surface area contributed by atoms with E-state index >= 15 is 0 Å². The van der Waals surface area contributed by atoms with Gasteiger partial charge in [-0.2, -0.15) is 0 Å². The number of imidazole rings is 1. The number of carbonyl (C=O) groups is 1. The monoisotopic (exact) mass is 427 g/mol. The van der Waals surface area contributed by atoms with E-state index < -0.39 is 0 Å². The molecule has 5 rings (SSSR count). The summed E-state index contributed by atoms with van der Waals surface area (Å²) < 4.78 is 7.93. The summed E-state index contributed by atoms with van der Waals surface area (Å²) in [6, 6.07) is 24.1. The van der Waals surface area contributed by atoms with Gasteiger partial charge in [-0.1, -0.05) is 59.9 Å². The molecule has 0 unspecified atom stereocenters. The van der Waals surface area contributed by atoms with Gasteiger partial charge >= 0.3 is 0 Å². The van der Waals surface area contributed by atoms with Crippen LogP contribution in [0.3, 0.4) is 0 Å². The van der Waals surface area contributed by atoms with Crippen molar-refractivity contribution in [2.45, 2.75) is 0 Å². The number of amides is 1. The predicted molar refractivity (Wildman–Crippen MR) is 123 cm³/mol. The van der Waals surface area contributed by atoms with Crippen molar-refractivity contribution < 1.29 is 9.53 Å². The largest absolute Gasteiger partial charge is 0.483 e. The van der Waals surface area contributed by atoms with Crippen molar-refractivity contribution in [3.8, 4) is 5.75 Å². The van der Waals surface area contributed by atoms with Crippen LogP contribution in [-0.4, -0.2) is 21.9 Å². The Morgan fingerprint density at radius 2 is 1.74 bits per heavy atom. The van der Waals surface area contributed by atoms with Crippen LogP contribution < -0.4 is 20.1 Å². The number of aromatic nitrogens is 2. The van der Waals surface area contributed by atoms with Gasteiger partial charge in [0, 0.05) is 11.3 Å². The number of rotatable bonds is 5. The molecule has 0 radical (unpaired) electrons. The molecule has 0 saturated heterocycles. The summed E-state index contributed by atoms with van der Waals surface area (Å²) in [6.07, 6.45) is 1.78. The number of carbonyl (C=O) groups excluding carboxylic acids is 1. The van der Waals surface area contributed by atoms with Gasteiger partial charge in [0.05, 0.1) is 15.6 Å². The molecule has 0 aliphatic carbocycles. The Labute approximate surface area is 181 Å². The van der Waals surface area contributed by atoms with Crippen molar-refractivity contribution in [1.29, 1.82) is 0 Å². The van der Waals surface area contributed by atoms with Gasteiger partial charge in [-0.15, -0.1) is 0 Å². The van der Waals surface area contributed by atoms with Crippen molar-refractivity contribution in [3.63, 3.8) is 0 Å². The average Bonchev–Trinajstić information content (AvgIpc) is 3.30. The number of anilines is 1. The highest BCUT2D eigenvalue weighted by molar-refractivity contribution is 7.15. The second-order valence-corrected chi connectivity index (χ2v) is 7.88. The van der Waals surface area contributed by atoms with Gasteiger partial charge in [-0.25, -0.2) is 9.38 Å². The maximum atomic E-state index is 13.0. The van der Waals surface area contributed by atoms with Gasteiger partial charge in [-0.05, 0) is 36.4 Å². The quantitative estimate of drug-likeness (QED) is 0.466. The zero-order valence-electron chi connectivity index (χ0n) is 16.3. The molecule has 1 amide bonds. The summed E-state index contributed by atoms with van der Waals surface area (Å²) in [5.74, 6) is 0.271. The molecule has 152 valence electrons. The fraction of sp³-hybridized carbons (Fsp3) is 0.0417. The van der Waals surface area contributed by atoms with Crippen molar-refractivity contribution in [2.24, 2.45) is 0 Å². The molecule has 31 heavy (non-hydrogen) atoms. The molecule has 0 aliphatic heterocycles. The summed E-state index contributed by atoms with van der Waals surface area (Å²) in [6.45, 7) is -0.137. The normalized spacial score (nSPS) is 11.8. The van der Waals surface area contributed by atoms with E-state index in [9.17, 15) is 9.59 Å². The molecule has 0 spiro atoms. The summed E-state index contributed by atoms with van der Waals surface area (Å²) >= 11 is 1.33. The van der Waals surface area contributed by atoms with Gasteiger partial charge in [-0.3, -0.25) is 9.59 Å². The number of ether oxygens (including phenoxy) is 1. The van der Waals surface area contributed by atoms with Crippen LogP contribution in [-0.2, 0) is 4.79 Å². The number of hydrogen-bond donors (Lipinski definition) is 1. The number of benzene rings is 3. The number of hydrogen-bond acceptors (Lipinski definition) is 5. The Balaban J connectivity index is 1.43. The minimum Gasteiger partial charge on any atom is -0.483 e. The average molecular weight is 427 g/mol. The summed E-state index contributed by atoms with van der Waals surface area (Å²) in [5, 5.41) is 2.79. The van der Waals surface area contributed by atoms with Gasteiger partial charge in [0.25, 0.3) is 11.5 Å². The minimum absolute atomic E-state index is 0.120. The van der Waals surface area contributed by atoms with Gasteiger partial charge < -0.3 is 10.1 Å². The van der Waals surface area contributed by atoms with E-state index in [1.54, 1.807) is 16.5 Å². The number of fused-ring (bicyclic) bond motifs is 3. The Morgan fingerprint density at radius 3 is 2.61 bits per heavy atom. The summed E-state index contributed by atoms with van der Waals surface area (Å²) in [7, 11) is 0. The van der Waals surface area contributed by atoms with Crippen LogP contribution in [0.2, 0.25) is 0 Å². The van der Waals surface area contributed by atoms with E-state index in [-0.39, 0.29) is 18.1 Å². The van der Waals surface area contributed by atoms with Gasteiger partial charge in [0.2, 0.25) is 0 Å². The van der Waals surface area contributed by atoms with Crippen molar-refractivity contribution in [2.75, 3.05) is 11.9 Å². The number of thiazole rings is 1. The molecule has 0 bridgehead atoms. The Kier molecular flexibility index (Phi) is 4.93. The van der Waals surface area contributed by atoms with Crippen LogP contribution >= 0.6 is 11.3 Å². The zero-order chi connectivity index (χ0) is 21.2. The molecule has 3 aromatic carbocycles. The van der Waals surface area contributed by atoms with E-state index in [1.807, 2.05) is 72.8 Å². The lowest BCUT2D eigenvalue weighted by atomic mass is 10.2. The molecule has 7 heteroatoms. The maximum Gasteiger partial charge on any atom is 0.274 e. The van der Waals surface area contributed by atoms with Crippen LogP contribution in [0.4, 0.5) is 5.69 Å². The molecule has 0 atom stereocenters. The molecule has 0 fully saturated rings. The molecule has 2 heterocycles. The molecular formula is C24H17N3O3S. The van der Waals surface area contributed by atoms with Crippen LogP contribution in [0.15, 0.2) is 83.7 Å². The first-order valence-electron chi connectivity index (χ1n) is 9.67. The topological polar surface area (TPSA) is 72.7 Å². The smallest absolute Gasteiger partial charge is 0.274 e. The maximum absolute atomic E-state index is 13.0. The van der Waals surface area contributed by atoms with E-state index in [0.29, 0.717) is 20.9 Å². The molecule has 0 aliphatic rings. The Bertz CT molecular complexity index is 1510. The van der Waals surface area contributed by atoms with Crippen molar-refractivity contribution >= 4 is 45.0 Å². The highest BCUT2D eigenvalue weighted by atomic mass is 32.1. The second kappa shape index (κ2) is 8.04. The summed E-state index contributed by atoms with van der Waals surface area (Å²) in [4.78, 5) is 30.4. The minimum atomic E-state index is -0.258. The van der Waals surface area contributed by atoms with Crippen LogP contribution in [0.1, 0.15) is 5.56 Å². The van der Waals surface area contributed by atoms with E-state index in [1.165, 1.54) is 11.3 Å². The van der Waals surface area contributed by atoms with E-state index in [4.69, 9.17) is 4.74 Å². The summed E-state index contributed by atoms with van der Waals surface area (Å²) in [5.41, 5.74) is 2.90. The third-order valence-corrected chi connectivity index (χ3v) is 5.74. The highest BCUT2D eigenvalue weighted by Gasteiger charge is 2.11. The van der Waals surface area contributed by atoms with Gasteiger partial charge in [0.15, 0.2) is 11.6 Å². The highest BCUT2D eigenvalue weighted by Crippen LogP contribution is 2.20. The predicted octanol–water partition coefficient (Wildman–Crippen LogP) is 3.47. The Morgan fingerprint density at radius 1 is 1.00 bits per heavy atom. The fourth-order valence-electron chi connectivity index (χ4n) is 3.35. The first-order chi connectivity index (χ1) is 15.2. The third kappa shape index (κ3) is 3.78. The first-order valence-corrected chi connectivity index (χ1v) is 10.5. The SMILES string of the molecule is O=C(COc1ccccc1C=c1sc2nc3ccccc3n2c1=O)Nc1ccccc1. The Hall–Kier alpha value is -3.97. The van der Waals surface area contributed by atoms with Crippen molar-refractivity contribution in [1.82, 2.24) is 9.38 Å². The van der Waals surface area contributed by atoms with Crippen LogP contribution in [0, 0.1) is 0 Å². The second-order valence-electron chi connectivity index (χ2n) is 6.88. The molecule has 6 nitrogen and oxygen atoms in total. The zero-order valence-corrected chi connectivity index (χ0v) is 17.1. The van der Waals surface area contributed by atoms with E-state index in [2.05, 4.69) is 10.3 Å². The van der Waals surface area contributed by atoms with Crippen LogP contribution in [0.5, 0.6) is 5.75 Å². The van der Waals surface area contributed by atoms with E-state index in [0.717, 1.165) is 16.6 Å². The standard InChI is InChI=1S/C24H17N3O3S/c28-22(25-17-9-2-1-3-10-17)15-30-20-13-7-4-8-16(20)14-21-23(29)27-19-12-6-5-11-18(19)26-24(27)31-21/h1-14H,15H2,(H,25,28). The first kappa shape index (κ1) is 19.0. The molecular weight excluding hydrogens is 410 g/mol.